The van der Waals surface area contributed by atoms with Crippen LogP contribution in [0.2, 0.25) is 0 Å². The van der Waals surface area contributed by atoms with Gasteiger partial charge in [-0.25, -0.2) is 4.98 Å². The summed E-state index contributed by atoms with van der Waals surface area (Å²) >= 11 is 0. The van der Waals surface area contributed by atoms with Crippen LogP contribution in [0.25, 0.3) is 0 Å². The highest BCUT2D eigenvalue weighted by Gasteiger charge is 2.28. The summed E-state index contributed by atoms with van der Waals surface area (Å²) in [5.41, 5.74) is 1.66. The van der Waals surface area contributed by atoms with Gasteiger partial charge in [0, 0.05) is 11.6 Å². The molecule has 0 atom stereocenters. The Morgan fingerprint density at radius 3 is 2.90 bits per heavy atom. The first-order valence-electron chi connectivity index (χ1n) is 6.55. The average Bonchev–Trinajstić information content (AvgIpc) is 3.16. The third kappa shape index (κ3) is 2.49. The minimum atomic E-state index is -0.308. The van der Waals surface area contributed by atoms with Gasteiger partial charge in [-0.3, -0.25) is 9.89 Å². The standard InChI is InChI=1S/C14H16N4O2/c1-8-7-10(5-6-11(8)20-2)15-14(19)13-16-12(17-18-13)9-3-4-9/h5-7,9H,3-4H2,1-2H3,(H,15,19)(H,16,17,18). The van der Waals surface area contributed by atoms with Crippen LogP contribution in [0, 0.1) is 6.92 Å². The maximum atomic E-state index is 12.0. The molecule has 20 heavy (non-hydrogen) atoms. The Labute approximate surface area is 116 Å². The van der Waals surface area contributed by atoms with Gasteiger partial charge in [-0.05, 0) is 43.5 Å². The second-order valence-corrected chi connectivity index (χ2v) is 4.96. The van der Waals surface area contributed by atoms with E-state index in [2.05, 4.69) is 20.5 Å². The van der Waals surface area contributed by atoms with Gasteiger partial charge in [-0.1, -0.05) is 0 Å². The van der Waals surface area contributed by atoms with Crippen molar-refractivity contribution in [1.29, 1.82) is 0 Å². The van der Waals surface area contributed by atoms with E-state index in [1.54, 1.807) is 13.2 Å². The van der Waals surface area contributed by atoms with Gasteiger partial charge in [0.1, 0.15) is 11.6 Å². The monoisotopic (exact) mass is 272 g/mol. The van der Waals surface area contributed by atoms with Gasteiger partial charge in [-0.15, -0.1) is 5.10 Å². The quantitative estimate of drug-likeness (QED) is 0.894. The number of hydrogen-bond acceptors (Lipinski definition) is 4. The molecular formula is C14H16N4O2. The Bertz CT molecular complexity index is 646. The van der Waals surface area contributed by atoms with Crippen LogP contribution in [0.3, 0.4) is 0 Å². The molecule has 1 saturated carbocycles. The first-order chi connectivity index (χ1) is 9.67. The predicted molar refractivity (Wildman–Crippen MR) is 74.0 cm³/mol. The van der Waals surface area contributed by atoms with Gasteiger partial charge in [0.05, 0.1) is 7.11 Å². The smallest absolute Gasteiger partial charge is 0.295 e. The van der Waals surface area contributed by atoms with Crippen LogP contribution < -0.4 is 10.1 Å². The van der Waals surface area contributed by atoms with Crippen molar-refractivity contribution in [2.45, 2.75) is 25.7 Å². The van der Waals surface area contributed by atoms with E-state index >= 15 is 0 Å². The van der Waals surface area contributed by atoms with Gasteiger partial charge in [0.15, 0.2) is 0 Å². The zero-order valence-electron chi connectivity index (χ0n) is 11.4. The number of amides is 1. The average molecular weight is 272 g/mol. The summed E-state index contributed by atoms with van der Waals surface area (Å²) in [6.07, 6.45) is 2.24. The molecule has 1 fully saturated rings. The number of ether oxygens (including phenoxy) is 1. The van der Waals surface area contributed by atoms with Crippen LogP contribution in [-0.4, -0.2) is 28.2 Å². The highest BCUT2D eigenvalue weighted by atomic mass is 16.5. The molecule has 1 aliphatic carbocycles. The Morgan fingerprint density at radius 2 is 2.25 bits per heavy atom. The van der Waals surface area contributed by atoms with Gasteiger partial charge < -0.3 is 10.1 Å². The number of aromatic amines is 1. The van der Waals surface area contributed by atoms with Crippen molar-refractivity contribution < 1.29 is 9.53 Å². The molecule has 6 heteroatoms. The number of hydrogen-bond donors (Lipinski definition) is 2. The second-order valence-electron chi connectivity index (χ2n) is 4.96. The van der Waals surface area contributed by atoms with Crippen molar-refractivity contribution in [2.24, 2.45) is 0 Å². The summed E-state index contributed by atoms with van der Waals surface area (Å²) in [5, 5.41) is 9.56. The Hall–Kier alpha value is -2.37. The normalized spacial score (nSPS) is 14.1. The number of aromatic nitrogens is 3. The number of aryl methyl sites for hydroxylation is 1. The lowest BCUT2D eigenvalue weighted by molar-refractivity contribution is 0.101. The fraction of sp³-hybridized carbons (Fsp3) is 0.357. The van der Waals surface area contributed by atoms with Crippen molar-refractivity contribution in [2.75, 3.05) is 12.4 Å². The summed E-state index contributed by atoms with van der Waals surface area (Å²) in [7, 11) is 1.62. The van der Waals surface area contributed by atoms with Crippen LogP contribution in [0.1, 0.15) is 40.8 Å². The summed E-state index contributed by atoms with van der Waals surface area (Å²) in [6, 6.07) is 5.46. The minimum absolute atomic E-state index is 0.181. The third-order valence-electron chi connectivity index (χ3n) is 3.32. The number of rotatable bonds is 4. The number of nitrogens with one attached hydrogen (secondary N) is 2. The summed E-state index contributed by atoms with van der Waals surface area (Å²) in [5.74, 6) is 1.92. The van der Waals surface area contributed by atoms with Crippen molar-refractivity contribution in [3.63, 3.8) is 0 Å². The number of anilines is 1. The molecule has 0 unspecified atom stereocenters. The lowest BCUT2D eigenvalue weighted by Crippen LogP contribution is -2.14. The summed E-state index contributed by atoms with van der Waals surface area (Å²) < 4.78 is 5.18. The number of carbonyl (C=O) groups excluding carboxylic acids is 1. The highest BCUT2D eigenvalue weighted by Crippen LogP contribution is 2.37. The fourth-order valence-corrected chi connectivity index (χ4v) is 2.06. The van der Waals surface area contributed by atoms with Gasteiger partial charge in [0.2, 0.25) is 5.82 Å². The van der Waals surface area contributed by atoms with E-state index in [1.807, 2.05) is 19.1 Å². The number of carbonyl (C=O) groups is 1. The molecule has 0 radical (unpaired) electrons. The predicted octanol–water partition coefficient (Wildman–Crippen LogP) is 2.25. The maximum Gasteiger partial charge on any atom is 0.295 e. The van der Waals surface area contributed by atoms with E-state index < -0.39 is 0 Å². The lowest BCUT2D eigenvalue weighted by Gasteiger charge is -2.07. The molecular weight excluding hydrogens is 256 g/mol. The molecule has 1 aromatic carbocycles. The zero-order valence-corrected chi connectivity index (χ0v) is 11.4. The number of methoxy groups -OCH3 is 1. The molecule has 104 valence electrons. The Kier molecular flexibility index (Phi) is 3.14. The van der Waals surface area contributed by atoms with Crippen molar-refractivity contribution in [1.82, 2.24) is 15.2 Å². The second kappa shape index (κ2) is 4.96. The SMILES string of the molecule is COc1ccc(NC(=O)c2n[nH]c(C3CC3)n2)cc1C. The molecule has 0 bridgehead atoms. The first kappa shape index (κ1) is 12.7. The summed E-state index contributed by atoms with van der Waals surface area (Å²) in [4.78, 5) is 16.3. The maximum absolute atomic E-state index is 12.0. The molecule has 1 aromatic heterocycles. The van der Waals surface area contributed by atoms with Crippen LogP contribution >= 0.6 is 0 Å². The fourth-order valence-electron chi connectivity index (χ4n) is 2.06. The van der Waals surface area contributed by atoms with Crippen LogP contribution in [0.5, 0.6) is 5.75 Å². The van der Waals surface area contributed by atoms with Crippen LogP contribution in [-0.2, 0) is 0 Å². The topological polar surface area (TPSA) is 79.9 Å². The molecule has 0 spiro atoms. The van der Waals surface area contributed by atoms with E-state index in [0.717, 1.165) is 30.0 Å². The molecule has 6 nitrogen and oxygen atoms in total. The molecule has 1 amide bonds. The van der Waals surface area contributed by atoms with Gasteiger partial charge in [0.25, 0.3) is 5.91 Å². The zero-order chi connectivity index (χ0) is 14.1. The number of nitrogens with zero attached hydrogens (tertiary/aromatic N) is 2. The van der Waals surface area contributed by atoms with E-state index in [4.69, 9.17) is 4.74 Å². The minimum Gasteiger partial charge on any atom is -0.496 e. The van der Waals surface area contributed by atoms with Crippen LogP contribution in [0.15, 0.2) is 18.2 Å². The molecule has 2 aromatic rings. The first-order valence-corrected chi connectivity index (χ1v) is 6.55. The van der Waals surface area contributed by atoms with Crippen LogP contribution in [0.4, 0.5) is 5.69 Å². The van der Waals surface area contributed by atoms with E-state index in [9.17, 15) is 4.79 Å². The largest absolute Gasteiger partial charge is 0.496 e. The Morgan fingerprint density at radius 1 is 1.45 bits per heavy atom. The molecule has 1 heterocycles. The van der Waals surface area contributed by atoms with E-state index in [1.165, 1.54) is 0 Å². The third-order valence-corrected chi connectivity index (χ3v) is 3.32. The molecule has 0 saturated heterocycles. The highest BCUT2D eigenvalue weighted by molar-refractivity contribution is 6.01. The van der Waals surface area contributed by atoms with Gasteiger partial charge >= 0.3 is 0 Å². The lowest BCUT2D eigenvalue weighted by atomic mass is 10.2. The number of benzene rings is 1. The van der Waals surface area contributed by atoms with E-state index in [0.29, 0.717) is 11.6 Å². The molecule has 2 N–H and O–H groups in total. The molecule has 0 aliphatic heterocycles. The molecule has 3 rings (SSSR count). The van der Waals surface area contributed by atoms with Crippen molar-refractivity contribution in [3.05, 3.63) is 35.4 Å². The molecule has 1 aliphatic rings. The Balaban J connectivity index is 1.72. The number of H-pyrrole nitrogens is 1. The van der Waals surface area contributed by atoms with Gasteiger partial charge in [-0.2, -0.15) is 0 Å². The van der Waals surface area contributed by atoms with Crippen molar-refractivity contribution >= 4 is 11.6 Å². The summed E-state index contributed by atoms with van der Waals surface area (Å²) in [6.45, 7) is 1.92. The van der Waals surface area contributed by atoms with Crippen molar-refractivity contribution in [3.8, 4) is 5.75 Å². The van der Waals surface area contributed by atoms with E-state index in [-0.39, 0.29) is 11.7 Å².